The average Bonchev–Trinajstić information content (AvgIpc) is 3.12. The van der Waals surface area contributed by atoms with Crippen LogP contribution in [0, 0.1) is 5.92 Å². The Hall–Kier alpha value is -2.32. The van der Waals surface area contributed by atoms with Crippen molar-refractivity contribution in [3.63, 3.8) is 0 Å². The van der Waals surface area contributed by atoms with Crippen molar-refractivity contribution in [3.05, 3.63) is 23.8 Å². The van der Waals surface area contributed by atoms with Gasteiger partial charge in [0.25, 0.3) is 0 Å². The Morgan fingerprint density at radius 2 is 1.96 bits per heavy atom. The van der Waals surface area contributed by atoms with Gasteiger partial charge in [0.2, 0.25) is 0 Å². The molecule has 0 aliphatic carbocycles. The smallest absolute Gasteiger partial charge is 0.415 e. The van der Waals surface area contributed by atoms with E-state index in [1.54, 1.807) is 18.1 Å². The summed E-state index contributed by atoms with van der Waals surface area (Å²) in [6.07, 6.45) is 0.943. The van der Waals surface area contributed by atoms with Crippen molar-refractivity contribution in [1.29, 1.82) is 0 Å². The largest absolute Gasteiger partial charge is 0.493 e. The van der Waals surface area contributed by atoms with Crippen LogP contribution in [0.15, 0.2) is 18.2 Å². The van der Waals surface area contributed by atoms with E-state index in [0.717, 1.165) is 31.6 Å². The molecular weight excluding hydrogens is 364 g/mol. The van der Waals surface area contributed by atoms with Crippen LogP contribution in [0.4, 0.5) is 4.79 Å². The second-order valence-corrected chi connectivity index (χ2v) is 7.03. The number of methoxy groups -OCH3 is 2. The third-order valence-corrected chi connectivity index (χ3v) is 5.19. The second kappa shape index (κ2) is 9.75. The second-order valence-electron chi connectivity index (χ2n) is 7.03. The number of esters is 1. The van der Waals surface area contributed by atoms with Crippen LogP contribution in [0.25, 0.3) is 0 Å². The number of nitrogens with zero attached hydrogens (tertiary/aromatic N) is 2. The SMILES string of the molecule is COCCN1CCN(C(=O)Oc2ccc(C[C@@H]3CCOC3=O)cc2OC)CC1. The van der Waals surface area contributed by atoms with Gasteiger partial charge in [-0.2, -0.15) is 0 Å². The van der Waals surface area contributed by atoms with Gasteiger partial charge < -0.3 is 23.8 Å². The Balaban J connectivity index is 1.56. The highest BCUT2D eigenvalue weighted by atomic mass is 16.6. The summed E-state index contributed by atoms with van der Waals surface area (Å²) in [5.74, 6) is 0.592. The maximum atomic E-state index is 12.5. The lowest BCUT2D eigenvalue weighted by Gasteiger charge is -2.33. The first-order chi connectivity index (χ1) is 13.6. The van der Waals surface area contributed by atoms with Gasteiger partial charge in [0, 0.05) is 39.8 Å². The van der Waals surface area contributed by atoms with Gasteiger partial charge in [-0.05, 0) is 30.5 Å². The van der Waals surface area contributed by atoms with Crippen molar-refractivity contribution < 1.29 is 28.5 Å². The normalized spacial score (nSPS) is 20.1. The Bertz CT molecular complexity index is 687. The molecule has 2 saturated heterocycles. The van der Waals surface area contributed by atoms with Crippen molar-refractivity contribution in [2.75, 3.05) is 60.2 Å². The number of cyclic esters (lactones) is 1. The highest BCUT2D eigenvalue weighted by molar-refractivity contribution is 5.74. The van der Waals surface area contributed by atoms with E-state index < -0.39 is 0 Å². The first kappa shape index (κ1) is 20.4. The van der Waals surface area contributed by atoms with Crippen LogP contribution in [0.2, 0.25) is 0 Å². The molecule has 3 rings (SSSR count). The lowest BCUT2D eigenvalue weighted by atomic mass is 9.98. The van der Waals surface area contributed by atoms with Crippen LogP contribution >= 0.6 is 0 Å². The maximum absolute atomic E-state index is 12.5. The minimum atomic E-state index is -0.378. The predicted molar refractivity (Wildman–Crippen MR) is 102 cm³/mol. The van der Waals surface area contributed by atoms with E-state index in [9.17, 15) is 9.59 Å². The van der Waals surface area contributed by atoms with Crippen LogP contribution < -0.4 is 9.47 Å². The summed E-state index contributed by atoms with van der Waals surface area (Å²) in [4.78, 5) is 28.1. The third-order valence-electron chi connectivity index (χ3n) is 5.19. The molecule has 28 heavy (non-hydrogen) atoms. The molecule has 0 saturated carbocycles. The van der Waals surface area contributed by atoms with E-state index in [4.69, 9.17) is 18.9 Å². The summed E-state index contributed by atoms with van der Waals surface area (Å²) >= 11 is 0. The summed E-state index contributed by atoms with van der Waals surface area (Å²) in [5, 5.41) is 0. The minimum absolute atomic E-state index is 0.118. The summed E-state index contributed by atoms with van der Waals surface area (Å²) < 4.78 is 21.1. The van der Waals surface area contributed by atoms with Gasteiger partial charge in [-0.1, -0.05) is 6.07 Å². The first-order valence-corrected chi connectivity index (χ1v) is 9.62. The van der Waals surface area contributed by atoms with E-state index in [0.29, 0.717) is 44.2 Å². The maximum Gasteiger partial charge on any atom is 0.415 e. The fourth-order valence-corrected chi connectivity index (χ4v) is 3.46. The predicted octanol–water partition coefficient (Wildman–Crippen LogP) is 1.56. The van der Waals surface area contributed by atoms with Crippen molar-refractivity contribution in [2.24, 2.45) is 5.92 Å². The van der Waals surface area contributed by atoms with Crippen LogP contribution in [-0.2, 0) is 20.7 Å². The molecule has 0 radical (unpaired) electrons. The lowest BCUT2D eigenvalue weighted by Crippen LogP contribution is -2.50. The van der Waals surface area contributed by atoms with E-state index in [1.165, 1.54) is 7.11 Å². The topological polar surface area (TPSA) is 77.5 Å². The zero-order valence-corrected chi connectivity index (χ0v) is 16.5. The van der Waals surface area contributed by atoms with Crippen molar-refractivity contribution in [1.82, 2.24) is 9.80 Å². The van der Waals surface area contributed by atoms with Gasteiger partial charge >= 0.3 is 12.1 Å². The fourth-order valence-electron chi connectivity index (χ4n) is 3.46. The number of piperazine rings is 1. The summed E-state index contributed by atoms with van der Waals surface area (Å²) in [6, 6.07) is 5.40. The van der Waals surface area contributed by atoms with Gasteiger partial charge in [-0.25, -0.2) is 4.79 Å². The summed E-state index contributed by atoms with van der Waals surface area (Å²) in [7, 11) is 3.22. The zero-order valence-electron chi connectivity index (χ0n) is 16.5. The number of ether oxygens (including phenoxy) is 4. The molecule has 0 aromatic heterocycles. The molecule has 1 atom stereocenters. The molecule has 1 aromatic rings. The standard InChI is InChI=1S/C20H28N2O6/c1-25-12-10-21-6-8-22(9-7-21)20(24)28-17-4-3-15(14-18(17)26-2)13-16-5-11-27-19(16)23/h3-4,14,16H,5-13H2,1-2H3/t16-/m0/s1. The van der Waals surface area contributed by atoms with Gasteiger partial charge in [0.1, 0.15) is 0 Å². The number of rotatable bonds is 7. The molecule has 2 aliphatic rings. The molecule has 154 valence electrons. The molecule has 0 unspecified atom stereocenters. The molecule has 2 aliphatic heterocycles. The monoisotopic (exact) mass is 392 g/mol. The van der Waals surface area contributed by atoms with Gasteiger partial charge in [0.05, 0.1) is 26.2 Å². The molecule has 1 amide bonds. The number of hydrogen-bond donors (Lipinski definition) is 0. The molecule has 8 heteroatoms. The number of carbonyl (C=O) groups is 2. The lowest BCUT2D eigenvalue weighted by molar-refractivity contribution is -0.141. The van der Waals surface area contributed by atoms with Crippen molar-refractivity contribution in [2.45, 2.75) is 12.8 Å². The third kappa shape index (κ3) is 5.14. The number of hydrogen-bond acceptors (Lipinski definition) is 7. The Morgan fingerprint density at radius 3 is 2.61 bits per heavy atom. The van der Waals surface area contributed by atoms with E-state index in [2.05, 4.69) is 4.90 Å². The summed E-state index contributed by atoms with van der Waals surface area (Å²) in [6.45, 7) is 4.86. The molecule has 0 spiro atoms. The van der Waals surface area contributed by atoms with Gasteiger partial charge in [-0.15, -0.1) is 0 Å². The first-order valence-electron chi connectivity index (χ1n) is 9.62. The van der Waals surface area contributed by atoms with Gasteiger partial charge in [-0.3, -0.25) is 9.69 Å². The van der Waals surface area contributed by atoms with Crippen molar-refractivity contribution >= 4 is 12.1 Å². The quantitative estimate of drug-likeness (QED) is 0.652. The van der Waals surface area contributed by atoms with Crippen LogP contribution in [0.5, 0.6) is 11.5 Å². The average molecular weight is 392 g/mol. The van der Waals surface area contributed by atoms with Crippen molar-refractivity contribution in [3.8, 4) is 11.5 Å². The van der Waals surface area contributed by atoms with E-state index in [-0.39, 0.29) is 18.0 Å². The minimum Gasteiger partial charge on any atom is -0.493 e. The molecule has 8 nitrogen and oxygen atoms in total. The van der Waals surface area contributed by atoms with Crippen LogP contribution in [0.3, 0.4) is 0 Å². The molecule has 2 fully saturated rings. The zero-order chi connectivity index (χ0) is 19.9. The molecule has 0 bridgehead atoms. The highest BCUT2D eigenvalue weighted by Gasteiger charge is 2.27. The van der Waals surface area contributed by atoms with E-state index >= 15 is 0 Å². The highest BCUT2D eigenvalue weighted by Crippen LogP contribution is 2.30. The van der Waals surface area contributed by atoms with Crippen LogP contribution in [-0.4, -0.2) is 82.0 Å². The molecule has 1 aromatic carbocycles. The number of amides is 1. The number of benzene rings is 1. The molecule has 0 N–H and O–H groups in total. The Labute approximate surface area is 165 Å². The Kier molecular flexibility index (Phi) is 7.11. The van der Waals surface area contributed by atoms with E-state index in [1.807, 2.05) is 12.1 Å². The van der Waals surface area contributed by atoms with Crippen LogP contribution in [0.1, 0.15) is 12.0 Å². The fraction of sp³-hybridized carbons (Fsp3) is 0.600. The number of carbonyl (C=O) groups excluding carboxylic acids is 2. The van der Waals surface area contributed by atoms with Gasteiger partial charge in [0.15, 0.2) is 11.5 Å². The molecule has 2 heterocycles. The molecular formula is C20H28N2O6. The summed E-state index contributed by atoms with van der Waals surface area (Å²) in [5.41, 5.74) is 0.951. The Morgan fingerprint density at radius 1 is 1.18 bits per heavy atom.